The number of likely N-dealkylation sites (tertiary alicyclic amines) is 1. The number of benzene rings is 1. The zero-order chi connectivity index (χ0) is 22.0. The summed E-state index contributed by atoms with van der Waals surface area (Å²) in [5.74, 6) is 0.409. The van der Waals surface area contributed by atoms with Gasteiger partial charge < -0.3 is 25.2 Å². The molecule has 0 radical (unpaired) electrons. The Kier molecular flexibility index (Phi) is 6.65. The standard InChI is InChI=1S/C23H33FN4O3/c1-25-22(29)27-12-15(14-31-2)9-20(13-27)28(19-7-8-19)23(30)26-11-18-6-5-17(10-21(18)24)16-3-4-16/h5-6,10,15-16,19-20H,3-4,7-9,11-14H2,1-2H3,(H,25,29)(H,26,30). The summed E-state index contributed by atoms with van der Waals surface area (Å²) < 4.78 is 19.8. The van der Waals surface area contributed by atoms with Gasteiger partial charge in [-0.2, -0.15) is 0 Å². The molecule has 3 fully saturated rings. The molecule has 2 atom stereocenters. The molecule has 2 N–H and O–H groups in total. The molecule has 1 heterocycles. The minimum atomic E-state index is -0.258. The van der Waals surface area contributed by atoms with Gasteiger partial charge in [-0.3, -0.25) is 0 Å². The second-order valence-corrected chi connectivity index (χ2v) is 9.09. The van der Waals surface area contributed by atoms with Crippen molar-refractivity contribution < 1.29 is 18.7 Å². The van der Waals surface area contributed by atoms with Gasteiger partial charge in [-0.15, -0.1) is 0 Å². The zero-order valence-electron chi connectivity index (χ0n) is 18.4. The van der Waals surface area contributed by atoms with Gasteiger partial charge in [0.1, 0.15) is 5.82 Å². The number of amides is 4. The first-order valence-electron chi connectivity index (χ1n) is 11.3. The lowest BCUT2D eigenvalue weighted by Crippen LogP contribution is -2.58. The van der Waals surface area contributed by atoms with E-state index in [0.29, 0.717) is 31.2 Å². The van der Waals surface area contributed by atoms with Crippen molar-refractivity contribution in [2.24, 2.45) is 5.92 Å². The monoisotopic (exact) mass is 432 g/mol. The molecule has 0 aromatic heterocycles. The van der Waals surface area contributed by atoms with Crippen molar-refractivity contribution in [1.82, 2.24) is 20.4 Å². The average Bonchev–Trinajstić information content (AvgIpc) is 3.66. The van der Waals surface area contributed by atoms with E-state index in [1.54, 1.807) is 31.2 Å². The first kappa shape index (κ1) is 21.9. The third-order valence-electron chi connectivity index (χ3n) is 6.54. The Morgan fingerprint density at radius 3 is 2.58 bits per heavy atom. The lowest BCUT2D eigenvalue weighted by atomic mass is 9.94. The molecular formula is C23H33FN4O3. The van der Waals surface area contributed by atoms with Gasteiger partial charge in [-0.05, 0) is 49.7 Å². The summed E-state index contributed by atoms with van der Waals surface area (Å²) in [6, 6.07) is 5.13. The first-order valence-corrected chi connectivity index (χ1v) is 11.3. The Hall–Kier alpha value is -2.35. The van der Waals surface area contributed by atoms with E-state index in [9.17, 15) is 14.0 Å². The number of nitrogens with zero attached hydrogens (tertiary/aromatic N) is 2. The number of piperidine rings is 1. The van der Waals surface area contributed by atoms with Crippen molar-refractivity contribution in [2.75, 3.05) is 33.9 Å². The zero-order valence-corrected chi connectivity index (χ0v) is 18.4. The summed E-state index contributed by atoms with van der Waals surface area (Å²) in [5.41, 5.74) is 1.55. The molecule has 7 nitrogen and oxygen atoms in total. The SMILES string of the molecule is CNC(=O)N1CC(COC)CC(N(C(=O)NCc2ccc(C3CC3)cc2F)C2CC2)C1. The number of hydrogen-bond donors (Lipinski definition) is 2. The fraction of sp³-hybridized carbons (Fsp3) is 0.652. The van der Waals surface area contributed by atoms with Crippen molar-refractivity contribution in [1.29, 1.82) is 0 Å². The molecule has 2 unspecified atom stereocenters. The Labute approximate surface area is 183 Å². The number of carbonyl (C=O) groups excluding carboxylic acids is 2. The number of urea groups is 2. The molecule has 1 aromatic rings. The molecular weight excluding hydrogens is 399 g/mol. The van der Waals surface area contributed by atoms with Gasteiger partial charge in [0.05, 0.1) is 12.6 Å². The molecule has 2 saturated carbocycles. The normalized spacial score (nSPS) is 23.4. The summed E-state index contributed by atoms with van der Waals surface area (Å²) in [4.78, 5) is 29.1. The van der Waals surface area contributed by atoms with E-state index in [1.807, 2.05) is 11.0 Å². The number of ether oxygens (including phenoxy) is 1. The van der Waals surface area contributed by atoms with Crippen LogP contribution in [0, 0.1) is 11.7 Å². The Morgan fingerprint density at radius 2 is 1.97 bits per heavy atom. The van der Waals surface area contributed by atoms with Crippen LogP contribution in [0.15, 0.2) is 18.2 Å². The molecule has 1 aromatic carbocycles. The highest BCUT2D eigenvalue weighted by Gasteiger charge is 2.41. The number of rotatable bonds is 7. The quantitative estimate of drug-likeness (QED) is 0.696. The fourth-order valence-electron chi connectivity index (χ4n) is 4.68. The van der Waals surface area contributed by atoms with Crippen molar-refractivity contribution in [3.05, 3.63) is 35.1 Å². The molecule has 1 aliphatic heterocycles. The third-order valence-corrected chi connectivity index (χ3v) is 6.54. The van der Waals surface area contributed by atoms with Gasteiger partial charge >= 0.3 is 12.1 Å². The minimum absolute atomic E-state index is 0.0826. The second-order valence-electron chi connectivity index (χ2n) is 9.09. The van der Waals surface area contributed by atoms with Gasteiger partial charge in [0.15, 0.2) is 0 Å². The summed E-state index contributed by atoms with van der Waals surface area (Å²) in [6.45, 7) is 1.81. The Morgan fingerprint density at radius 1 is 1.19 bits per heavy atom. The molecule has 8 heteroatoms. The van der Waals surface area contributed by atoms with Crippen LogP contribution in [0.4, 0.5) is 14.0 Å². The van der Waals surface area contributed by atoms with Crippen molar-refractivity contribution in [3.8, 4) is 0 Å². The molecule has 2 aliphatic carbocycles. The molecule has 4 amide bonds. The van der Waals surface area contributed by atoms with E-state index in [-0.39, 0.29) is 42.4 Å². The fourth-order valence-corrected chi connectivity index (χ4v) is 4.68. The lowest BCUT2D eigenvalue weighted by Gasteiger charge is -2.42. The molecule has 3 aliphatic rings. The molecule has 4 rings (SSSR count). The van der Waals surface area contributed by atoms with E-state index in [0.717, 1.165) is 37.7 Å². The van der Waals surface area contributed by atoms with Gasteiger partial charge in [-0.25, -0.2) is 14.0 Å². The molecule has 31 heavy (non-hydrogen) atoms. The molecule has 170 valence electrons. The Balaban J connectivity index is 1.42. The van der Waals surface area contributed by atoms with Crippen molar-refractivity contribution >= 4 is 12.1 Å². The van der Waals surface area contributed by atoms with Crippen LogP contribution in [0.5, 0.6) is 0 Å². The molecule has 0 spiro atoms. The van der Waals surface area contributed by atoms with Crippen LogP contribution >= 0.6 is 0 Å². The van der Waals surface area contributed by atoms with Gasteiger partial charge in [0.2, 0.25) is 0 Å². The molecule has 1 saturated heterocycles. The lowest BCUT2D eigenvalue weighted by molar-refractivity contribution is 0.0552. The van der Waals surface area contributed by atoms with Gasteiger partial charge in [0, 0.05) is 51.3 Å². The second kappa shape index (κ2) is 9.42. The van der Waals surface area contributed by atoms with Crippen LogP contribution < -0.4 is 10.6 Å². The van der Waals surface area contributed by atoms with Crippen LogP contribution in [-0.2, 0) is 11.3 Å². The van der Waals surface area contributed by atoms with E-state index in [2.05, 4.69) is 10.6 Å². The van der Waals surface area contributed by atoms with Crippen LogP contribution in [0.2, 0.25) is 0 Å². The largest absolute Gasteiger partial charge is 0.384 e. The summed E-state index contributed by atoms with van der Waals surface area (Å²) in [7, 11) is 3.27. The number of nitrogens with one attached hydrogen (secondary N) is 2. The average molecular weight is 433 g/mol. The predicted octanol–water partition coefficient (Wildman–Crippen LogP) is 3.05. The van der Waals surface area contributed by atoms with Crippen LogP contribution in [0.25, 0.3) is 0 Å². The van der Waals surface area contributed by atoms with E-state index >= 15 is 0 Å². The predicted molar refractivity (Wildman–Crippen MR) is 115 cm³/mol. The maximum atomic E-state index is 14.5. The summed E-state index contributed by atoms with van der Waals surface area (Å²) >= 11 is 0. The minimum Gasteiger partial charge on any atom is -0.384 e. The number of carbonyl (C=O) groups is 2. The van der Waals surface area contributed by atoms with E-state index < -0.39 is 0 Å². The van der Waals surface area contributed by atoms with E-state index in [1.165, 1.54) is 0 Å². The third kappa shape index (κ3) is 5.29. The maximum Gasteiger partial charge on any atom is 0.318 e. The number of methoxy groups -OCH3 is 1. The Bertz CT molecular complexity index is 812. The summed E-state index contributed by atoms with van der Waals surface area (Å²) in [5, 5.41) is 5.61. The first-order chi connectivity index (χ1) is 15.0. The smallest absolute Gasteiger partial charge is 0.318 e. The highest BCUT2D eigenvalue weighted by Crippen LogP contribution is 2.40. The highest BCUT2D eigenvalue weighted by atomic mass is 19.1. The highest BCUT2D eigenvalue weighted by molar-refractivity contribution is 5.76. The van der Waals surface area contributed by atoms with Crippen LogP contribution in [0.3, 0.4) is 0 Å². The number of halogens is 1. The van der Waals surface area contributed by atoms with Crippen molar-refractivity contribution in [2.45, 2.75) is 56.7 Å². The van der Waals surface area contributed by atoms with Crippen LogP contribution in [0.1, 0.15) is 49.1 Å². The maximum absolute atomic E-state index is 14.5. The number of hydrogen-bond acceptors (Lipinski definition) is 3. The van der Waals surface area contributed by atoms with Gasteiger partial charge in [-0.1, -0.05) is 12.1 Å². The summed E-state index contributed by atoms with van der Waals surface area (Å²) in [6.07, 6.45) is 4.97. The van der Waals surface area contributed by atoms with Crippen LogP contribution in [-0.4, -0.2) is 67.8 Å². The molecule has 0 bridgehead atoms. The van der Waals surface area contributed by atoms with Gasteiger partial charge in [0.25, 0.3) is 0 Å². The van der Waals surface area contributed by atoms with Crippen molar-refractivity contribution in [3.63, 3.8) is 0 Å². The van der Waals surface area contributed by atoms with E-state index in [4.69, 9.17) is 4.74 Å². The topological polar surface area (TPSA) is 73.9 Å².